The lowest BCUT2D eigenvalue weighted by molar-refractivity contribution is -0.142. The van der Waals surface area contributed by atoms with Crippen molar-refractivity contribution < 1.29 is 9.59 Å². The Morgan fingerprint density at radius 1 is 0.826 bits per heavy atom. The summed E-state index contributed by atoms with van der Waals surface area (Å²) in [6.07, 6.45) is 7.17. The summed E-state index contributed by atoms with van der Waals surface area (Å²) in [5.41, 5.74) is 5.80. The third-order valence-electron chi connectivity index (χ3n) is 5.85. The molecule has 0 spiro atoms. The largest absolute Gasteiger partial charge is 0.342 e. The lowest BCUT2D eigenvalue weighted by Gasteiger charge is -2.35. The van der Waals surface area contributed by atoms with Crippen LogP contribution in [0.15, 0.2) is 0 Å². The van der Waals surface area contributed by atoms with Gasteiger partial charge in [-0.3, -0.25) is 9.59 Å². The minimum Gasteiger partial charge on any atom is -0.342 e. The zero-order valence-corrected chi connectivity index (χ0v) is 14.7. The van der Waals surface area contributed by atoms with Crippen molar-refractivity contribution in [2.75, 3.05) is 32.7 Å². The SMILES string of the molecule is Cl.NC[C@H]1CCC[C@H]1C(=O)N1CCC(C(=O)N2CCCC2)CC1. The van der Waals surface area contributed by atoms with Gasteiger partial charge in [0, 0.05) is 38.0 Å². The number of piperidine rings is 1. The first-order valence-electron chi connectivity index (χ1n) is 8.98. The molecule has 0 aromatic heterocycles. The van der Waals surface area contributed by atoms with Crippen LogP contribution in [0, 0.1) is 17.8 Å². The number of carbonyl (C=O) groups is 2. The first kappa shape index (κ1) is 18.5. The Bertz CT molecular complexity index is 418. The standard InChI is InChI=1S/C17H29N3O2.ClH/c18-12-14-4-3-5-15(14)17(22)20-10-6-13(7-11-20)16(21)19-8-1-2-9-19;/h13-15H,1-12,18H2;1H/t14-,15-;/m1./s1. The molecule has 0 aromatic carbocycles. The summed E-state index contributed by atoms with van der Waals surface area (Å²) >= 11 is 0. The second kappa shape index (κ2) is 8.34. The van der Waals surface area contributed by atoms with E-state index < -0.39 is 0 Å². The van der Waals surface area contributed by atoms with Crippen LogP contribution in [0.5, 0.6) is 0 Å². The molecule has 3 fully saturated rings. The topological polar surface area (TPSA) is 66.6 Å². The number of likely N-dealkylation sites (tertiary alicyclic amines) is 2. The van der Waals surface area contributed by atoms with E-state index in [1.54, 1.807) is 0 Å². The Morgan fingerprint density at radius 3 is 2.04 bits per heavy atom. The number of hydrogen-bond acceptors (Lipinski definition) is 3. The van der Waals surface area contributed by atoms with Crippen molar-refractivity contribution in [3.05, 3.63) is 0 Å². The fourth-order valence-electron chi connectivity index (χ4n) is 4.42. The molecule has 1 aliphatic carbocycles. The van der Waals surface area contributed by atoms with Crippen LogP contribution in [-0.2, 0) is 9.59 Å². The average Bonchev–Trinajstić information content (AvgIpc) is 3.24. The van der Waals surface area contributed by atoms with Crippen LogP contribution in [0.3, 0.4) is 0 Å². The van der Waals surface area contributed by atoms with E-state index in [9.17, 15) is 9.59 Å². The van der Waals surface area contributed by atoms with Crippen LogP contribution in [0.4, 0.5) is 0 Å². The van der Waals surface area contributed by atoms with Gasteiger partial charge in [0.25, 0.3) is 0 Å². The van der Waals surface area contributed by atoms with Crippen molar-refractivity contribution in [3.8, 4) is 0 Å². The Hall–Kier alpha value is -0.810. The quantitative estimate of drug-likeness (QED) is 0.847. The fourth-order valence-corrected chi connectivity index (χ4v) is 4.42. The summed E-state index contributed by atoms with van der Waals surface area (Å²) < 4.78 is 0. The first-order valence-corrected chi connectivity index (χ1v) is 8.98. The normalized spacial score (nSPS) is 28.7. The number of amides is 2. The summed E-state index contributed by atoms with van der Waals surface area (Å²) in [6.45, 7) is 3.98. The molecule has 2 atom stereocenters. The van der Waals surface area contributed by atoms with E-state index in [0.717, 1.165) is 71.1 Å². The van der Waals surface area contributed by atoms with Gasteiger partial charge in [-0.2, -0.15) is 0 Å². The molecule has 3 aliphatic rings. The van der Waals surface area contributed by atoms with Gasteiger partial charge < -0.3 is 15.5 Å². The molecular weight excluding hydrogens is 314 g/mol. The van der Waals surface area contributed by atoms with E-state index in [-0.39, 0.29) is 24.2 Å². The van der Waals surface area contributed by atoms with Crippen LogP contribution >= 0.6 is 12.4 Å². The minimum absolute atomic E-state index is 0. The van der Waals surface area contributed by atoms with Crippen molar-refractivity contribution in [1.29, 1.82) is 0 Å². The third-order valence-corrected chi connectivity index (χ3v) is 5.85. The summed E-state index contributed by atoms with van der Waals surface area (Å²) in [7, 11) is 0. The summed E-state index contributed by atoms with van der Waals surface area (Å²) in [5, 5.41) is 0. The molecule has 23 heavy (non-hydrogen) atoms. The van der Waals surface area contributed by atoms with E-state index in [2.05, 4.69) is 0 Å². The summed E-state index contributed by atoms with van der Waals surface area (Å²) in [4.78, 5) is 29.1. The number of nitrogens with two attached hydrogens (primary N) is 1. The van der Waals surface area contributed by atoms with Gasteiger partial charge in [-0.1, -0.05) is 6.42 Å². The molecule has 6 heteroatoms. The van der Waals surface area contributed by atoms with E-state index in [0.29, 0.717) is 24.3 Å². The van der Waals surface area contributed by atoms with Crippen LogP contribution in [0.25, 0.3) is 0 Å². The highest BCUT2D eigenvalue weighted by Crippen LogP contribution is 2.33. The number of nitrogens with zero attached hydrogens (tertiary/aromatic N) is 2. The second-order valence-corrected chi connectivity index (χ2v) is 7.17. The van der Waals surface area contributed by atoms with Crippen molar-refractivity contribution >= 4 is 24.2 Å². The highest BCUT2D eigenvalue weighted by atomic mass is 35.5. The van der Waals surface area contributed by atoms with Gasteiger partial charge in [0.15, 0.2) is 0 Å². The van der Waals surface area contributed by atoms with Gasteiger partial charge >= 0.3 is 0 Å². The lowest BCUT2D eigenvalue weighted by atomic mass is 9.91. The van der Waals surface area contributed by atoms with E-state index in [4.69, 9.17) is 5.73 Å². The molecule has 2 amide bonds. The Labute approximate surface area is 145 Å². The van der Waals surface area contributed by atoms with Gasteiger partial charge in [0.2, 0.25) is 11.8 Å². The van der Waals surface area contributed by atoms with Gasteiger partial charge in [-0.15, -0.1) is 12.4 Å². The van der Waals surface area contributed by atoms with Crippen molar-refractivity contribution in [2.24, 2.45) is 23.5 Å². The van der Waals surface area contributed by atoms with Crippen LogP contribution in [0.1, 0.15) is 44.9 Å². The van der Waals surface area contributed by atoms with Gasteiger partial charge in [0.1, 0.15) is 0 Å². The molecule has 2 N–H and O–H groups in total. The molecule has 2 aliphatic heterocycles. The number of carbonyl (C=O) groups excluding carboxylic acids is 2. The van der Waals surface area contributed by atoms with Crippen molar-refractivity contribution in [2.45, 2.75) is 44.9 Å². The monoisotopic (exact) mass is 343 g/mol. The van der Waals surface area contributed by atoms with E-state index in [1.165, 1.54) is 0 Å². The minimum atomic E-state index is 0. The number of hydrogen-bond donors (Lipinski definition) is 1. The zero-order valence-electron chi connectivity index (χ0n) is 13.9. The summed E-state index contributed by atoms with van der Waals surface area (Å²) in [6, 6.07) is 0. The Balaban J connectivity index is 0.00000192. The first-order chi connectivity index (χ1) is 10.7. The average molecular weight is 344 g/mol. The molecule has 1 saturated carbocycles. The van der Waals surface area contributed by atoms with E-state index in [1.807, 2.05) is 9.80 Å². The molecule has 0 aromatic rings. The molecule has 0 radical (unpaired) electrons. The smallest absolute Gasteiger partial charge is 0.226 e. The third kappa shape index (κ3) is 4.00. The Kier molecular flexibility index (Phi) is 6.72. The summed E-state index contributed by atoms with van der Waals surface area (Å²) in [5.74, 6) is 1.26. The highest BCUT2D eigenvalue weighted by molar-refractivity contribution is 5.85. The molecule has 3 rings (SSSR count). The van der Waals surface area contributed by atoms with Gasteiger partial charge in [0.05, 0.1) is 0 Å². The van der Waals surface area contributed by atoms with Crippen LogP contribution in [-0.4, -0.2) is 54.3 Å². The molecule has 5 nitrogen and oxygen atoms in total. The number of rotatable bonds is 3. The lowest BCUT2D eigenvalue weighted by Crippen LogP contribution is -2.46. The zero-order chi connectivity index (χ0) is 15.5. The van der Waals surface area contributed by atoms with E-state index >= 15 is 0 Å². The van der Waals surface area contributed by atoms with Gasteiger partial charge in [-0.25, -0.2) is 0 Å². The molecule has 132 valence electrons. The maximum absolute atomic E-state index is 12.7. The highest BCUT2D eigenvalue weighted by Gasteiger charge is 2.37. The Morgan fingerprint density at radius 2 is 1.43 bits per heavy atom. The predicted octanol–water partition coefficient (Wildman–Crippen LogP) is 1.64. The molecule has 0 bridgehead atoms. The fraction of sp³-hybridized carbons (Fsp3) is 0.882. The van der Waals surface area contributed by atoms with Crippen molar-refractivity contribution in [3.63, 3.8) is 0 Å². The second-order valence-electron chi connectivity index (χ2n) is 7.17. The predicted molar refractivity (Wildman–Crippen MR) is 92.3 cm³/mol. The number of halogens is 1. The van der Waals surface area contributed by atoms with Gasteiger partial charge in [-0.05, 0) is 51.0 Å². The van der Waals surface area contributed by atoms with Crippen LogP contribution < -0.4 is 5.73 Å². The molecular formula is C17H30ClN3O2. The maximum Gasteiger partial charge on any atom is 0.226 e. The molecule has 2 saturated heterocycles. The maximum atomic E-state index is 12.7. The van der Waals surface area contributed by atoms with Crippen molar-refractivity contribution in [1.82, 2.24) is 9.80 Å². The molecule has 2 heterocycles. The molecule has 0 unspecified atom stereocenters. The van der Waals surface area contributed by atoms with Crippen LogP contribution in [0.2, 0.25) is 0 Å².